The standard InChI is InChI=1S/C15H19N3O2S2.ClH/c1-11-10-21-15(18-11)13-3-2-4-14(7-13)22(19,20)17-9-12-5-6-16-8-12;/h2-4,7,10,12,16-17H,5-6,8-9H2,1H3;1H. The van der Waals surface area contributed by atoms with Crippen LogP contribution in [0.15, 0.2) is 34.5 Å². The summed E-state index contributed by atoms with van der Waals surface area (Å²) < 4.78 is 27.6. The third kappa shape index (κ3) is 4.51. The maximum atomic E-state index is 12.4. The van der Waals surface area contributed by atoms with Gasteiger partial charge in [-0.05, 0) is 44.5 Å². The van der Waals surface area contributed by atoms with Crippen molar-refractivity contribution in [3.05, 3.63) is 35.3 Å². The Morgan fingerprint density at radius 1 is 1.43 bits per heavy atom. The van der Waals surface area contributed by atoms with E-state index in [9.17, 15) is 8.42 Å². The summed E-state index contributed by atoms with van der Waals surface area (Å²) >= 11 is 1.52. The van der Waals surface area contributed by atoms with Gasteiger partial charge < -0.3 is 5.32 Å². The predicted octanol–water partition coefficient (Wildman–Crippen LogP) is 2.43. The lowest BCUT2D eigenvalue weighted by Crippen LogP contribution is -2.30. The molecule has 1 atom stereocenters. The minimum absolute atomic E-state index is 0. The molecule has 1 fully saturated rings. The average Bonchev–Trinajstić information content (AvgIpc) is 3.17. The highest BCUT2D eigenvalue weighted by Crippen LogP contribution is 2.25. The number of thiazole rings is 1. The molecule has 3 rings (SSSR count). The first-order valence-corrected chi connectivity index (χ1v) is 9.64. The molecule has 1 saturated heterocycles. The van der Waals surface area contributed by atoms with Crippen LogP contribution in [0.2, 0.25) is 0 Å². The smallest absolute Gasteiger partial charge is 0.240 e. The Hall–Kier alpha value is -0.990. The van der Waals surface area contributed by atoms with Crippen LogP contribution >= 0.6 is 23.7 Å². The molecule has 0 spiro atoms. The predicted molar refractivity (Wildman–Crippen MR) is 95.7 cm³/mol. The number of nitrogens with zero attached hydrogens (tertiary/aromatic N) is 1. The molecule has 0 amide bonds. The summed E-state index contributed by atoms with van der Waals surface area (Å²) in [6.07, 6.45) is 1.01. The molecular formula is C15H20ClN3O2S2. The molecule has 0 bridgehead atoms. The van der Waals surface area contributed by atoms with E-state index in [4.69, 9.17) is 0 Å². The molecule has 5 nitrogen and oxygen atoms in total. The van der Waals surface area contributed by atoms with Crippen molar-refractivity contribution in [3.8, 4) is 10.6 Å². The zero-order chi connectivity index (χ0) is 15.6. The van der Waals surface area contributed by atoms with Crippen LogP contribution in [0.5, 0.6) is 0 Å². The van der Waals surface area contributed by atoms with Gasteiger partial charge in [-0.3, -0.25) is 0 Å². The molecule has 2 N–H and O–H groups in total. The van der Waals surface area contributed by atoms with Gasteiger partial charge in [-0.1, -0.05) is 12.1 Å². The molecule has 2 heterocycles. The van der Waals surface area contributed by atoms with Crippen LogP contribution < -0.4 is 10.0 Å². The largest absolute Gasteiger partial charge is 0.316 e. The second-order valence-electron chi connectivity index (χ2n) is 5.53. The summed E-state index contributed by atoms with van der Waals surface area (Å²) in [6.45, 7) is 4.25. The van der Waals surface area contributed by atoms with Gasteiger partial charge in [0.25, 0.3) is 0 Å². The van der Waals surface area contributed by atoms with Crippen molar-refractivity contribution in [2.24, 2.45) is 5.92 Å². The lowest BCUT2D eigenvalue weighted by Gasteiger charge is -2.11. The first-order chi connectivity index (χ1) is 10.5. The Bertz CT molecular complexity index is 756. The Morgan fingerprint density at radius 2 is 2.26 bits per heavy atom. The summed E-state index contributed by atoms with van der Waals surface area (Å²) in [4.78, 5) is 4.70. The van der Waals surface area contributed by atoms with Crippen LogP contribution in [0.3, 0.4) is 0 Å². The molecule has 2 aromatic rings. The van der Waals surface area contributed by atoms with E-state index in [1.165, 1.54) is 11.3 Å². The summed E-state index contributed by atoms with van der Waals surface area (Å²) in [7, 11) is -3.47. The number of benzene rings is 1. The highest BCUT2D eigenvalue weighted by Gasteiger charge is 2.20. The fraction of sp³-hybridized carbons (Fsp3) is 0.400. The Kier molecular flexibility index (Phi) is 6.16. The van der Waals surface area contributed by atoms with E-state index in [0.29, 0.717) is 17.4 Å². The third-order valence-corrected chi connectivity index (χ3v) is 6.17. The molecule has 1 aromatic carbocycles. The van der Waals surface area contributed by atoms with Crippen LogP contribution in [-0.2, 0) is 10.0 Å². The van der Waals surface area contributed by atoms with Gasteiger partial charge in [0, 0.05) is 23.2 Å². The van der Waals surface area contributed by atoms with E-state index < -0.39 is 10.0 Å². The van der Waals surface area contributed by atoms with Gasteiger partial charge >= 0.3 is 0 Å². The van der Waals surface area contributed by atoms with Gasteiger partial charge in [-0.2, -0.15) is 0 Å². The maximum absolute atomic E-state index is 12.4. The first-order valence-electron chi connectivity index (χ1n) is 7.27. The summed E-state index contributed by atoms with van der Waals surface area (Å²) in [5, 5.41) is 6.04. The number of sulfonamides is 1. The van der Waals surface area contributed by atoms with Gasteiger partial charge in [-0.25, -0.2) is 18.1 Å². The molecular weight excluding hydrogens is 354 g/mol. The van der Waals surface area contributed by atoms with Crippen LogP contribution in [0, 0.1) is 12.8 Å². The molecule has 1 aliphatic rings. The Balaban J connectivity index is 0.00000192. The number of nitrogens with one attached hydrogen (secondary N) is 2. The van der Waals surface area contributed by atoms with Gasteiger partial charge in [0.15, 0.2) is 0 Å². The zero-order valence-corrected chi connectivity index (χ0v) is 15.2. The van der Waals surface area contributed by atoms with E-state index in [1.807, 2.05) is 18.4 Å². The Labute approximate surface area is 147 Å². The van der Waals surface area contributed by atoms with Crippen LogP contribution in [0.4, 0.5) is 0 Å². The highest BCUT2D eigenvalue weighted by atomic mass is 35.5. The topological polar surface area (TPSA) is 71.1 Å². The first kappa shape index (κ1) is 18.4. The normalized spacial score (nSPS) is 17.9. The van der Waals surface area contributed by atoms with Gasteiger partial charge in [0.1, 0.15) is 5.01 Å². The van der Waals surface area contributed by atoms with Crippen molar-refractivity contribution in [3.63, 3.8) is 0 Å². The molecule has 126 valence electrons. The van der Waals surface area contributed by atoms with Crippen LogP contribution in [0.25, 0.3) is 10.6 Å². The van der Waals surface area contributed by atoms with Crippen molar-refractivity contribution < 1.29 is 8.42 Å². The molecule has 1 unspecified atom stereocenters. The van der Waals surface area contributed by atoms with Crippen molar-refractivity contribution in [1.82, 2.24) is 15.0 Å². The van der Waals surface area contributed by atoms with E-state index in [1.54, 1.807) is 18.2 Å². The van der Waals surface area contributed by atoms with Crippen molar-refractivity contribution in [2.45, 2.75) is 18.2 Å². The van der Waals surface area contributed by atoms with E-state index in [-0.39, 0.29) is 12.4 Å². The van der Waals surface area contributed by atoms with E-state index in [0.717, 1.165) is 35.8 Å². The van der Waals surface area contributed by atoms with Gasteiger partial charge in [-0.15, -0.1) is 23.7 Å². The molecule has 1 aromatic heterocycles. The summed E-state index contributed by atoms with van der Waals surface area (Å²) in [6, 6.07) is 6.96. The monoisotopic (exact) mass is 373 g/mol. The second kappa shape index (κ2) is 7.72. The van der Waals surface area contributed by atoms with Gasteiger partial charge in [0.2, 0.25) is 10.0 Å². The Morgan fingerprint density at radius 3 is 2.91 bits per heavy atom. The molecule has 0 aliphatic carbocycles. The number of aromatic nitrogens is 1. The minimum atomic E-state index is -3.47. The minimum Gasteiger partial charge on any atom is -0.316 e. The van der Waals surface area contributed by atoms with Crippen molar-refractivity contribution >= 4 is 33.8 Å². The van der Waals surface area contributed by atoms with Crippen molar-refractivity contribution in [2.75, 3.05) is 19.6 Å². The average molecular weight is 374 g/mol. The van der Waals surface area contributed by atoms with Crippen LogP contribution in [-0.4, -0.2) is 33.0 Å². The number of hydrogen-bond acceptors (Lipinski definition) is 5. The third-order valence-electron chi connectivity index (χ3n) is 3.73. The van der Waals surface area contributed by atoms with E-state index in [2.05, 4.69) is 15.0 Å². The molecule has 1 aliphatic heterocycles. The molecule has 23 heavy (non-hydrogen) atoms. The summed E-state index contributed by atoms with van der Waals surface area (Å²) in [5.74, 6) is 0.375. The number of hydrogen-bond donors (Lipinski definition) is 2. The molecule has 0 radical (unpaired) electrons. The lowest BCUT2D eigenvalue weighted by atomic mass is 10.1. The van der Waals surface area contributed by atoms with Crippen LogP contribution in [0.1, 0.15) is 12.1 Å². The van der Waals surface area contributed by atoms with Gasteiger partial charge in [0.05, 0.1) is 4.90 Å². The fourth-order valence-electron chi connectivity index (χ4n) is 2.48. The summed E-state index contributed by atoms with van der Waals surface area (Å²) in [5.41, 5.74) is 1.78. The zero-order valence-electron chi connectivity index (χ0n) is 12.8. The number of aryl methyl sites for hydroxylation is 1. The molecule has 8 heteroatoms. The van der Waals surface area contributed by atoms with E-state index >= 15 is 0 Å². The van der Waals surface area contributed by atoms with Crippen molar-refractivity contribution in [1.29, 1.82) is 0 Å². The SMILES string of the molecule is Cc1csc(-c2cccc(S(=O)(=O)NCC3CCNC3)c2)n1.Cl. The highest BCUT2D eigenvalue weighted by molar-refractivity contribution is 7.89. The fourth-order valence-corrected chi connectivity index (χ4v) is 4.44. The number of halogens is 1. The molecule has 0 saturated carbocycles. The maximum Gasteiger partial charge on any atom is 0.240 e. The quantitative estimate of drug-likeness (QED) is 0.844. The number of rotatable bonds is 5. The lowest BCUT2D eigenvalue weighted by molar-refractivity contribution is 0.539. The second-order valence-corrected chi connectivity index (χ2v) is 8.16.